The first-order valence-corrected chi connectivity index (χ1v) is 3.76. The van der Waals surface area contributed by atoms with Crippen LogP contribution in [-0.4, -0.2) is 4.98 Å². The molecule has 0 unspecified atom stereocenters. The van der Waals surface area contributed by atoms with Crippen LogP contribution >= 0.6 is 0 Å². The van der Waals surface area contributed by atoms with Gasteiger partial charge in [-0.1, -0.05) is 13.8 Å². The zero-order chi connectivity index (χ0) is 9.56. The van der Waals surface area contributed by atoms with Gasteiger partial charge in [-0.3, -0.25) is 0 Å². The van der Waals surface area contributed by atoms with E-state index in [-0.39, 0.29) is 5.69 Å². The van der Waals surface area contributed by atoms with Gasteiger partial charge in [0, 0.05) is 6.20 Å². The van der Waals surface area contributed by atoms with Crippen LogP contribution in [0.15, 0.2) is 12.3 Å². The van der Waals surface area contributed by atoms with Crippen molar-refractivity contribution in [3.05, 3.63) is 29.3 Å². The normalized spacial score (nSPS) is 7.92. The third-order valence-electron chi connectivity index (χ3n) is 1.08. The average molecular weight is 166 g/mol. The van der Waals surface area contributed by atoms with Crippen LogP contribution in [-0.2, 0) is 0 Å². The van der Waals surface area contributed by atoms with E-state index in [1.165, 1.54) is 12.3 Å². The maximum absolute atomic E-state index is 12.6. The smallest absolute Gasteiger partial charge is 0.176 e. The van der Waals surface area contributed by atoms with E-state index in [9.17, 15) is 4.39 Å². The third-order valence-corrected chi connectivity index (χ3v) is 1.08. The van der Waals surface area contributed by atoms with Gasteiger partial charge in [-0.25, -0.2) is 9.37 Å². The van der Waals surface area contributed by atoms with Crippen molar-refractivity contribution >= 4 is 0 Å². The van der Waals surface area contributed by atoms with Crippen LogP contribution in [0.3, 0.4) is 0 Å². The average Bonchev–Trinajstić information content (AvgIpc) is 2.08. The molecule has 0 aromatic carbocycles. The van der Waals surface area contributed by atoms with Crippen LogP contribution in [0.25, 0.3) is 0 Å². The standard InChI is InChI=1S/C7H5FN2.C2H6/c1-5-2-6(8)7(3-9)10-4-5;1-2/h2,4H,1H3;1-2H3. The van der Waals surface area contributed by atoms with Gasteiger partial charge < -0.3 is 0 Å². The van der Waals surface area contributed by atoms with Gasteiger partial charge >= 0.3 is 0 Å². The Hall–Kier alpha value is -1.43. The lowest BCUT2D eigenvalue weighted by Gasteiger charge is -1.91. The number of aromatic nitrogens is 1. The first kappa shape index (κ1) is 10.6. The molecule has 12 heavy (non-hydrogen) atoms. The lowest BCUT2D eigenvalue weighted by molar-refractivity contribution is 0.615. The van der Waals surface area contributed by atoms with Gasteiger partial charge in [-0.05, 0) is 18.6 Å². The molecule has 2 nitrogen and oxygen atoms in total. The molecule has 1 aromatic heterocycles. The van der Waals surface area contributed by atoms with E-state index in [2.05, 4.69) is 4.98 Å². The summed E-state index contributed by atoms with van der Waals surface area (Å²) in [4.78, 5) is 3.56. The summed E-state index contributed by atoms with van der Waals surface area (Å²) in [5, 5.41) is 8.26. The van der Waals surface area contributed by atoms with Gasteiger partial charge in [0.1, 0.15) is 6.07 Å². The molecule has 1 rings (SSSR count). The summed E-state index contributed by atoms with van der Waals surface area (Å²) in [5.74, 6) is -0.553. The van der Waals surface area contributed by atoms with Crippen LogP contribution in [0, 0.1) is 24.1 Å². The molecule has 0 spiro atoms. The monoisotopic (exact) mass is 166 g/mol. The highest BCUT2D eigenvalue weighted by Crippen LogP contribution is 2.03. The molecule has 0 saturated carbocycles. The molecule has 0 fully saturated rings. The van der Waals surface area contributed by atoms with Crippen LogP contribution in [0.4, 0.5) is 4.39 Å². The molecule has 0 N–H and O–H groups in total. The predicted molar refractivity (Wildman–Crippen MR) is 45.0 cm³/mol. The highest BCUT2D eigenvalue weighted by molar-refractivity contribution is 5.24. The minimum atomic E-state index is -0.553. The number of hydrogen-bond donors (Lipinski definition) is 0. The van der Waals surface area contributed by atoms with Crippen molar-refractivity contribution in [3.8, 4) is 6.07 Å². The van der Waals surface area contributed by atoms with Crippen molar-refractivity contribution in [3.63, 3.8) is 0 Å². The minimum absolute atomic E-state index is 0.148. The maximum atomic E-state index is 12.6. The number of pyridine rings is 1. The van der Waals surface area contributed by atoms with Crippen molar-refractivity contribution in [1.29, 1.82) is 5.26 Å². The fraction of sp³-hybridized carbons (Fsp3) is 0.333. The van der Waals surface area contributed by atoms with Gasteiger partial charge in [-0.2, -0.15) is 5.26 Å². The molecule has 0 bridgehead atoms. The first-order valence-electron chi connectivity index (χ1n) is 3.76. The van der Waals surface area contributed by atoms with Crippen molar-refractivity contribution < 1.29 is 4.39 Å². The van der Waals surface area contributed by atoms with Gasteiger partial charge in [0.05, 0.1) is 0 Å². The van der Waals surface area contributed by atoms with E-state index in [1.807, 2.05) is 13.8 Å². The lowest BCUT2D eigenvalue weighted by atomic mass is 10.3. The first-order chi connectivity index (χ1) is 5.74. The summed E-state index contributed by atoms with van der Waals surface area (Å²) in [6, 6.07) is 2.92. The van der Waals surface area contributed by atoms with Crippen molar-refractivity contribution in [2.24, 2.45) is 0 Å². The summed E-state index contributed by atoms with van der Waals surface area (Å²) in [7, 11) is 0. The largest absolute Gasteiger partial charge is 0.242 e. The van der Waals surface area contributed by atoms with Gasteiger partial charge in [0.15, 0.2) is 11.5 Å². The second-order valence-electron chi connectivity index (χ2n) is 1.95. The van der Waals surface area contributed by atoms with Crippen molar-refractivity contribution in [2.75, 3.05) is 0 Å². The van der Waals surface area contributed by atoms with Crippen LogP contribution in [0.5, 0.6) is 0 Å². The Morgan fingerprint density at radius 2 is 2.08 bits per heavy atom. The molecule has 0 saturated heterocycles. The van der Waals surface area contributed by atoms with Gasteiger partial charge in [-0.15, -0.1) is 0 Å². The molecule has 1 heterocycles. The molecule has 0 atom stereocenters. The second kappa shape index (κ2) is 5.25. The SMILES string of the molecule is CC.Cc1cnc(C#N)c(F)c1. The van der Waals surface area contributed by atoms with E-state index in [0.29, 0.717) is 0 Å². The minimum Gasteiger partial charge on any atom is -0.242 e. The Kier molecular flexibility index (Phi) is 4.62. The lowest BCUT2D eigenvalue weighted by Crippen LogP contribution is -1.88. The molecule has 0 aliphatic rings. The maximum Gasteiger partial charge on any atom is 0.176 e. The second-order valence-corrected chi connectivity index (χ2v) is 1.95. The Bertz CT molecular complexity index is 289. The molecule has 0 radical (unpaired) electrons. The van der Waals surface area contributed by atoms with E-state index >= 15 is 0 Å². The molecule has 1 aromatic rings. The van der Waals surface area contributed by atoms with Crippen LogP contribution in [0.2, 0.25) is 0 Å². The number of nitriles is 1. The zero-order valence-corrected chi connectivity index (χ0v) is 7.43. The number of hydrogen-bond acceptors (Lipinski definition) is 2. The third kappa shape index (κ3) is 2.67. The topological polar surface area (TPSA) is 36.7 Å². The molecule has 3 heteroatoms. The fourth-order valence-electron chi connectivity index (χ4n) is 0.616. The number of nitrogens with zero attached hydrogens (tertiary/aromatic N) is 2. The summed E-state index contributed by atoms with van der Waals surface area (Å²) < 4.78 is 12.6. The molecule has 64 valence electrons. The predicted octanol–water partition coefficient (Wildman–Crippen LogP) is 2.43. The zero-order valence-electron chi connectivity index (χ0n) is 7.43. The highest BCUT2D eigenvalue weighted by Gasteiger charge is 2.00. The molecular formula is C9H11FN2. The Morgan fingerprint density at radius 3 is 2.50 bits per heavy atom. The van der Waals surface area contributed by atoms with E-state index < -0.39 is 5.82 Å². The van der Waals surface area contributed by atoms with Gasteiger partial charge in [0.2, 0.25) is 0 Å². The summed E-state index contributed by atoms with van der Waals surface area (Å²) in [6.07, 6.45) is 1.46. The fourth-order valence-corrected chi connectivity index (χ4v) is 0.616. The van der Waals surface area contributed by atoms with Crippen LogP contribution < -0.4 is 0 Å². The number of halogens is 1. The molecular weight excluding hydrogens is 155 g/mol. The highest BCUT2D eigenvalue weighted by atomic mass is 19.1. The quantitative estimate of drug-likeness (QED) is 0.593. The van der Waals surface area contributed by atoms with Gasteiger partial charge in [0.25, 0.3) is 0 Å². The van der Waals surface area contributed by atoms with E-state index in [0.717, 1.165) is 5.56 Å². The van der Waals surface area contributed by atoms with Crippen molar-refractivity contribution in [2.45, 2.75) is 20.8 Å². The Balaban J connectivity index is 0.000000561. The Labute approximate surface area is 71.7 Å². The number of aryl methyl sites for hydroxylation is 1. The Morgan fingerprint density at radius 1 is 1.50 bits per heavy atom. The molecule has 0 aliphatic heterocycles. The van der Waals surface area contributed by atoms with E-state index in [4.69, 9.17) is 5.26 Å². The van der Waals surface area contributed by atoms with Crippen LogP contribution in [0.1, 0.15) is 25.1 Å². The summed E-state index contributed by atoms with van der Waals surface area (Å²) >= 11 is 0. The number of rotatable bonds is 0. The summed E-state index contributed by atoms with van der Waals surface area (Å²) in [5.41, 5.74) is 0.571. The molecule has 0 aliphatic carbocycles. The van der Waals surface area contributed by atoms with Crippen molar-refractivity contribution in [1.82, 2.24) is 4.98 Å². The summed E-state index contributed by atoms with van der Waals surface area (Å²) in [6.45, 7) is 5.72. The van der Waals surface area contributed by atoms with E-state index in [1.54, 1.807) is 13.0 Å². The molecule has 0 amide bonds.